The number of carbonyl (C=O) groups is 1. The maximum atomic E-state index is 10.7. The molecule has 0 heterocycles. The zero-order valence-corrected chi connectivity index (χ0v) is 7.19. The molecule has 0 fully saturated rings. The molecule has 0 amide bonds. The molecule has 0 aliphatic carbocycles. The van der Waals surface area contributed by atoms with Crippen molar-refractivity contribution in [3.05, 3.63) is 28.8 Å². The predicted octanol–water partition coefficient (Wildman–Crippen LogP) is 0.421. The smallest absolute Gasteiger partial charge is 0.336 e. The fourth-order valence-electron chi connectivity index (χ4n) is 1.17. The molecule has 4 N–H and O–H groups in total. The van der Waals surface area contributed by atoms with E-state index in [0.29, 0.717) is 0 Å². The average Bonchev–Trinajstić information content (AvgIpc) is 2.16. The van der Waals surface area contributed by atoms with Gasteiger partial charge in [-0.2, -0.15) is 5.26 Å². The van der Waals surface area contributed by atoms with Gasteiger partial charge in [-0.1, -0.05) is 0 Å². The molecule has 1 rings (SSSR count). The molecule has 0 aliphatic rings. The zero-order chi connectivity index (χ0) is 10.7. The summed E-state index contributed by atoms with van der Waals surface area (Å²) in [5.41, 5.74) is 5.51. The van der Waals surface area contributed by atoms with E-state index in [-0.39, 0.29) is 29.0 Å². The van der Waals surface area contributed by atoms with Crippen LogP contribution in [0.15, 0.2) is 12.1 Å². The Balaban J connectivity index is 3.49. The van der Waals surface area contributed by atoms with Gasteiger partial charge in [0.05, 0.1) is 17.2 Å². The van der Waals surface area contributed by atoms with Crippen LogP contribution in [0.5, 0.6) is 5.75 Å². The van der Waals surface area contributed by atoms with Crippen molar-refractivity contribution in [2.24, 2.45) is 5.73 Å². The van der Waals surface area contributed by atoms with E-state index in [1.54, 1.807) is 6.07 Å². The minimum absolute atomic E-state index is 0.0508. The molecule has 0 radical (unpaired) electrons. The first-order valence-electron chi connectivity index (χ1n) is 3.79. The van der Waals surface area contributed by atoms with E-state index < -0.39 is 5.97 Å². The minimum Gasteiger partial charge on any atom is -0.508 e. The van der Waals surface area contributed by atoms with Gasteiger partial charge in [-0.15, -0.1) is 0 Å². The highest BCUT2D eigenvalue weighted by atomic mass is 16.4. The molecule has 0 saturated carbocycles. The number of nitrogens with two attached hydrogens (primary N) is 1. The van der Waals surface area contributed by atoms with Crippen LogP contribution < -0.4 is 5.73 Å². The highest BCUT2D eigenvalue weighted by molar-refractivity contribution is 5.90. The molecule has 0 aromatic heterocycles. The molecule has 0 unspecified atom stereocenters. The molecule has 0 bridgehead atoms. The van der Waals surface area contributed by atoms with Gasteiger partial charge in [-0.05, 0) is 17.7 Å². The topological polar surface area (TPSA) is 107 Å². The monoisotopic (exact) mass is 192 g/mol. The Bertz CT molecular complexity index is 421. The van der Waals surface area contributed by atoms with Crippen LogP contribution in [-0.2, 0) is 6.54 Å². The third-order valence-electron chi connectivity index (χ3n) is 1.79. The Kier molecular flexibility index (Phi) is 2.70. The van der Waals surface area contributed by atoms with Gasteiger partial charge in [0.1, 0.15) is 5.75 Å². The lowest BCUT2D eigenvalue weighted by Crippen LogP contribution is -2.09. The van der Waals surface area contributed by atoms with Gasteiger partial charge in [0.15, 0.2) is 0 Å². The standard InChI is InChI=1S/C9H8N2O3/c10-3-5-1-6(12)2-7(9(13)14)8(5)4-11/h1-2,12H,4,11H2,(H,13,14). The molecule has 14 heavy (non-hydrogen) atoms. The van der Waals surface area contributed by atoms with Crippen LogP contribution in [0.4, 0.5) is 0 Å². The summed E-state index contributed by atoms with van der Waals surface area (Å²) < 4.78 is 0. The molecule has 5 nitrogen and oxygen atoms in total. The number of aromatic carboxylic acids is 1. The van der Waals surface area contributed by atoms with E-state index in [1.165, 1.54) is 6.07 Å². The number of rotatable bonds is 2. The van der Waals surface area contributed by atoms with Crippen LogP contribution in [0.1, 0.15) is 21.5 Å². The van der Waals surface area contributed by atoms with Crippen molar-refractivity contribution < 1.29 is 15.0 Å². The second-order valence-corrected chi connectivity index (χ2v) is 2.64. The lowest BCUT2D eigenvalue weighted by Gasteiger charge is -2.06. The van der Waals surface area contributed by atoms with E-state index in [4.69, 9.17) is 21.2 Å². The number of aromatic hydroxyl groups is 1. The van der Waals surface area contributed by atoms with E-state index in [0.717, 1.165) is 6.07 Å². The van der Waals surface area contributed by atoms with Crippen LogP contribution in [0, 0.1) is 11.3 Å². The largest absolute Gasteiger partial charge is 0.508 e. The lowest BCUT2D eigenvalue weighted by atomic mass is 10.0. The number of carboxylic acids is 1. The SMILES string of the molecule is N#Cc1cc(O)cc(C(=O)O)c1CN. The summed E-state index contributed by atoms with van der Waals surface area (Å²) in [4.78, 5) is 10.7. The average molecular weight is 192 g/mol. The predicted molar refractivity (Wildman–Crippen MR) is 47.7 cm³/mol. The Hall–Kier alpha value is -2.06. The number of hydrogen-bond acceptors (Lipinski definition) is 4. The molecule has 1 aromatic carbocycles. The summed E-state index contributed by atoms with van der Waals surface area (Å²) in [6.07, 6.45) is 0. The molecule has 0 spiro atoms. The molecular formula is C9H8N2O3. The highest BCUT2D eigenvalue weighted by Crippen LogP contribution is 2.21. The van der Waals surface area contributed by atoms with Crippen molar-refractivity contribution in [1.82, 2.24) is 0 Å². The van der Waals surface area contributed by atoms with E-state index >= 15 is 0 Å². The zero-order valence-electron chi connectivity index (χ0n) is 7.19. The maximum Gasteiger partial charge on any atom is 0.336 e. The van der Waals surface area contributed by atoms with Gasteiger partial charge < -0.3 is 15.9 Å². The van der Waals surface area contributed by atoms with Gasteiger partial charge in [0.25, 0.3) is 0 Å². The van der Waals surface area contributed by atoms with Gasteiger partial charge in [-0.25, -0.2) is 4.79 Å². The van der Waals surface area contributed by atoms with Crippen LogP contribution in [-0.4, -0.2) is 16.2 Å². The molecule has 0 aliphatic heterocycles. The highest BCUT2D eigenvalue weighted by Gasteiger charge is 2.14. The van der Waals surface area contributed by atoms with Crippen LogP contribution in [0.2, 0.25) is 0 Å². The Morgan fingerprint density at radius 2 is 2.21 bits per heavy atom. The van der Waals surface area contributed by atoms with Crippen molar-refractivity contribution in [2.75, 3.05) is 0 Å². The number of benzene rings is 1. The van der Waals surface area contributed by atoms with E-state index in [2.05, 4.69) is 0 Å². The van der Waals surface area contributed by atoms with Gasteiger partial charge in [-0.3, -0.25) is 0 Å². The summed E-state index contributed by atoms with van der Waals surface area (Å²) in [5, 5.41) is 26.6. The Labute approximate surface area is 80.0 Å². The number of phenols is 1. The first-order valence-corrected chi connectivity index (χ1v) is 3.79. The quantitative estimate of drug-likeness (QED) is 0.629. The van der Waals surface area contributed by atoms with E-state index in [9.17, 15) is 4.79 Å². The second-order valence-electron chi connectivity index (χ2n) is 2.64. The minimum atomic E-state index is -1.21. The molecule has 5 heteroatoms. The summed E-state index contributed by atoms with van der Waals surface area (Å²) in [7, 11) is 0. The fraction of sp³-hybridized carbons (Fsp3) is 0.111. The number of phenolic OH excluding ortho intramolecular Hbond substituents is 1. The lowest BCUT2D eigenvalue weighted by molar-refractivity contribution is 0.0695. The molecular weight excluding hydrogens is 184 g/mol. The summed E-state index contributed by atoms with van der Waals surface area (Å²) >= 11 is 0. The number of carboxylic acid groups (broad SMARTS) is 1. The molecule has 0 atom stereocenters. The van der Waals surface area contributed by atoms with Crippen LogP contribution in [0.25, 0.3) is 0 Å². The fourth-order valence-corrected chi connectivity index (χ4v) is 1.17. The Morgan fingerprint density at radius 3 is 2.64 bits per heavy atom. The number of hydrogen-bond donors (Lipinski definition) is 3. The summed E-state index contributed by atoms with van der Waals surface area (Å²) in [5.74, 6) is -1.46. The number of nitrogens with zero attached hydrogens (tertiary/aromatic N) is 1. The van der Waals surface area contributed by atoms with Crippen molar-refractivity contribution in [2.45, 2.75) is 6.54 Å². The summed E-state index contributed by atoms with van der Waals surface area (Å²) in [6.45, 7) is -0.0508. The van der Waals surface area contributed by atoms with Crippen molar-refractivity contribution in [3.8, 4) is 11.8 Å². The van der Waals surface area contributed by atoms with Crippen molar-refractivity contribution >= 4 is 5.97 Å². The normalized spacial score (nSPS) is 9.43. The second kappa shape index (κ2) is 3.77. The van der Waals surface area contributed by atoms with Crippen LogP contribution >= 0.6 is 0 Å². The first kappa shape index (κ1) is 10.0. The van der Waals surface area contributed by atoms with Gasteiger partial charge in [0, 0.05) is 6.54 Å². The molecule has 1 aromatic rings. The van der Waals surface area contributed by atoms with Crippen molar-refractivity contribution in [1.29, 1.82) is 5.26 Å². The van der Waals surface area contributed by atoms with Gasteiger partial charge in [0.2, 0.25) is 0 Å². The first-order chi connectivity index (χ1) is 6.60. The van der Waals surface area contributed by atoms with Crippen molar-refractivity contribution in [3.63, 3.8) is 0 Å². The molecule has 0 saturated heterocycles. The third kappa shape index (κ3) is 1.65. The Morgan fingerprint density at radius 1 is 1.57 bits per heavy atom. The van der Waals surface area contributed by atoms with E-state index in [1.807, 2.05) is 0 Å². The maximum absolute atomic E-state index is 10.7. The van der Waals surface area contributed by atoms with Crippen LogP contribution in [0.3, 0.4) is 0 Å². The molecule has 72 valence electrons. The van der Waals surface area contributed by atoms with Gasteiger partial charge >= 0.3 is 5.97 Å². The third-order valence-corrected chi connectivity index (χ3v) is 1.79. The number of nitriles is 1. The summed E-state index contributed by atoms with van der Waals surface area (Å²) in [6, 6.07) is 4.04.